The number of likely N-dealkylation sites (tertiary alicyclic amines) is 1. The van der Waals surface area contributed by atoms with Crippen molar-refractivity contribution in [2.75, 3.05) is 6.54 Å². The van der Waals surface area contributed by atoms with Gasteiger partial charge in [-0.1, -0.05) is 18.9 Å². The van der Waals surface area contributed by atoms with Crippen LogP contribution in [0.5, 0.6) is 0 Å². The number of amides is 2. The van der Waals surface area contributed by atoms with Gasteiger partial charge in [-0.2, -0.15) is 0 Å². The molecule has 0 aliphatic carbocycles. The highest BCUT2D eigenvalue weighted by atomic mass is 16.4. The largest absolute Gasteiger partial charge is 0.477 e. The Hall–Kier alpha value is -2.11. The third-order valence-corrected chi connectivity index (χ3v) is 3.80. The number of hydrogen-bond acceptors (Lipinski definition) is 3. The molecule has 1 unspecified atom stereocenters. The molecule has 6 heteroatoms. The summed E-state index contributed by atoms with van der Waals surface area (Å²) in [6.07, 6.45) is 5.92. The van der Waals surface area contributed by atoms with E-state index in [4.69, 9.17) is 5.11 Å². The highest BCUT2D eigenvalue weighted by molar-refractivity contribution is 5.85. The monoisotopic (exact) mass is 291 g/mol. The van der Waals surface area contributed by atoms with Gasteiger partial charge in [-0.25, -0.2) is 14.6 Å². The molecule has 1 atom stereocenters. The van der Waals surface area contributed by atoms with Crippen LogP contribution in [-0.2, 0) is 6.54 Å². The first-order chi connectivity index (χ1) is 10.1. The van der Waals surface area contributed by atoms with Crippen molar-refractivity contribution in [2.24, 2.45) is 0 Å². The second-order valence-corrected chi connectivity index (χ2v) is 5.41. The first-order valence-corrected chi connectivity index (χ1v) is 7.30. The van der Waals surface area contributed by atoms with Crippen LogP contribution in [0.15, 0.2) is 18.3 Å². The van der Waals surface area contributed by atoms with E-state index in [2.05, 4.69) is 17.2 Å². The third kappa shape index (κ3) is 4.18. The van der Waals surface area contributed by atoms with Crippen molar-refractivity contribution < 1.29 is 14.7 Å². The number of carbonyl (C=O) groups is 2. The van der Waals surface area contributed by atoms with E-state index in [1.165, 1.54) is 25.1 Å². The standard InChI is InChI=1S/C15H21N3O3/c1-11-5-3-2-4-8-18(11)15(21)17-10-12-6-7-13(14(19)20)16-9-12/h6-7,9,11H,2-5,8,10H2,1H3,(H,17,21)(H,19,20). The van der Waals surface area contributed by atoms with Gasteiger partial charge in [0.15, 0.2) is 0 Å². The van der Waals surface area contributed by atoms with E-state index in [9.17, 15) is 9.59 Å². The Morgan fingerprint density at radius 2 is 2.19 bits per heavy atom. The van der Waals surface area contributed by atoms with E-state index in [1.54, 1.807) is 6.07 Å². The number of nitrogens with one attached hydrogen (secondary N) is 1. The average molecular weight is 291 g/mol. The lowest BCUT2D eigenvalue weighted by Crippen LogP contribution is -2.44. The Morgan fingerprint density at radius 3 is 2.86 bits per heavy atom. The molecule has 2 heterocycles. The van der Waals surface area contributed by atoms with Crippen LogP contribution in [0.1, 0.15) is 48.7 Å². The number of rotatable bonds is 3. The van der Waals surface area contributed by atoms with Gasteiger partial charge in [-0.05, 0) is 31.4 Å². The lowest BCUT2D eigenvalue weighted by Gasteiger charge is -2.27. The second-order valence-electron chi connectivity index (χ2n) is 5.41. The molecule has 114 valence electrons. The summed E-state index contributed by atoms with van der Waals surface area (Å²) in [6.45, 7) is 3.23. The Morgan fingerprint density at radius 1 is 1.38 bits per heavy atom. The van der Waals surface area contributed by atoms with Gasteiger partial charge in [0.2, 0.25) is 0 Å². The zero-order chi connectivity index (χ0) is 15.2. The smallest absolute Gasteiger partial charge is 0.354 e. The minimum absolute atomic E-state index is 0.00576. The number of carbonyl (C=O) groups excluding carboxylic acids is 1. The highest BCUT2D eigenvalue weighted by Gasteiger charge is 2.21. The van der Waals surface area contributed by atoms with Crippen LogP contribution < -0.4 is 5.32 Å². The lowest BCUT2D eigenvalue weighted by molar-refractivity contribution is 0.0690. The minimum Gasteiger partial charge on any atom is -0.477 e. The molecule has 2 N–H and O–H groups in total. The summed E-state index contributed by atoms with van der Waals surface area (Å²) < 4.78 is 0. The molecule has 1 fully saturated rings. The van der Waals surface area contributed by atoms with Gasteiger partial charge in [-0.15, -0.1) is 0 Å². The predicted octanol–water partition coefficient (Wildman–Crippen LogP) is 2.25. The van der Waals surface area contributed by atoms with E-state index in [0.717, 1.165) is 24.9 Å². The van der Waals surface area contributed by atoms with Crippen molar-refractivity contribution in [2.45, 2.75) is 45.2 Å². The fourth-order valence-corrected chi connectivity index (χ4v) is 2.51. The van der Waals surface area contributed by atoms with Gasteiger partial charge in [0.1, 0.15) is 5.69 Å². The van der Waals surface area contributed by atoms with E-state index in [0.29, 0.717) is 6.54 Å². The first-order valence-electron chi connectivity index (χ1n) is 7.30. The van der Waals surface area contributed by atoms with Crippen LogP contribution in [0.25, 0.3) is 0 Å². The van der Waals surface area contributed by atoms with Crippen molar-refractivity contribution in [1.29, 1.82) is 0 Å². The zero-order valence-electron chi connectivity index (χ0n) is 12.2. The Balaban J connectivity index is 1.89. The maximum Gasteiger partial charge on any atom is 0.354 e. The van der Waals surface area contributed by atoms with Crippen molar-refractivity contribution in [1.82, 2.24) is 15.2 Å². The predicted molar refractivity (Wildman–Crippen MR) is 78.1 cm³/mol. The van der Waals surface area contributed by atoms with Gasteiger partial charge >= 0.3 is 12.0 Å². The van der Waals surface area contributed by atoms with Crippen molar-refractivity contribution >= 4 is 12.0 Å². The number of aromatic carboxylic acids is 1. The molecular formula is C15H21N3O3. The van der Waals surface area contributed by atoms with Crippen LogP contribution in [0.2, 0.25) is 0 Å². The number of nitrogens with zero attached hydrogens (tertiary/aromatic N) is 2. The molecule has 0 saturated carbocycles. The number of aromatic nitrogens is 1. The normalized spacial score (nSPS) is 18.9. The van der Waals surface area contributed by atoms with Crippen LogP contribution in [0, 0.1) is 0 Å². The molecule has 0 aromatic carbocycles. The Kier molecular flexibility index (Phi) is 5.14. The van der Waals surface area contributed by atoms with Crippen LogP contribution >= 0.6 is 0 Å². The molecule has 6 nitrogen and oxygen atoms in total. The molecule has 2 amide bonds. The van der Waals surface area contributed by atoms with Crippen molar-refractivity contribution in [3.63, 3.8) is 0 Å². The van der Waals surface area contributed by atoms with Crippen LogP contribution in [0.3, 0.4) is 0 Å². The number of hydrogen-bond donors (Lipinski definition) is 2. The summed E-state index contributed by atoms with van der Waals surface area (Å²) in [4.78, 5) is 28.6. The summed E-state index contributed by atoms with van der Waals surface area (Å²) in [5.74, 6) is -1.05. The van der Waals surface area contributed by atoms with Crippen LogP contribution in [0.4, 0.5) is 4.79 Å². The number of carboxylic acid groups (broad SMARTS) is 1. The van der Waals surface area contributed by atoms with Gasteiger partial charge in [-0.3, -0.25) is 0 Å². The van der Waals surface area contributed by atoms with E-state index in [1.807, 2.05) is 4.90 Å². The molecule has 0 radical (unpaired) electrons. The minimum atomic E-state index is -1.05. The first kappa shape index (κ1) is 15.3. The fraction of sp³-hybridized carbons (Fsp3) is 0.533. The van der Waals surface area contributed by atoms with Crippen molar-refractivity contribution in [3.8, 4) is 0 Å². The fourth-order valence-electron chi connectivity index (χ4n) is 2.51. The number of carboxylic acids is 1. The second kappa shape index (κ2) is 7.06. The van der Waals surface area contributed by atoms with Crippen molar-refractivity contribution in [3.05, 3.63) is 29.6 Å². The summed E-state index contributed by atoms with van der Waals surface area (Å²) in [5.41, 5.74) is 0.794. The molecule has 2 rings (SSSR count). The number of pyridine rings is 1. The number of urea groups is 1. The highest BCUT2D eigenvalue weighted by Crippen LogP contribution is 2.16. The summed E-state index contributed by atoms with van der Waals surface area (Å²) >= 11 is 0. The quantitative estimate of drug-likeness (QED) is 0.894. The summed E-state index contributed by atoms with van der Waals surface area (Å²) in [7, 11) is 0. The molecular weight excluding hydrogens is 270 g/mol. The van der Waals surface area contributed by atoms with E-state index >= 15 is 0 Å². The molecule has 1 aromatic heterocycles. The SMILES string of the molecule is CC1CCCCCN1C(=O)NCc1ccc(C(=O)O)nc1. The maximum atomic E-state index is 12.2. The molecule has 21 heavy (non-hydrogen) atoms. The molecule has 1 aliphatic heterocycles. The molecule has 0 spiro atoms. The maximum absolute atomic E-state index is 12.2. The lowest BCUT2D eigenvalue weighted by atomic mass is 10.1. The van der Waals surface area contributed by atoms with E-state index < -0.39 is 5.97 Å². The topological polar surface area (TPSA) is 82.5 Å². The summed E-state index contributed by atoms with van der Waals surface area (Å²) in [6, 6.07) is 3.31. The molecule has 1 saturated heterocycles. The molecule has 1 aromatic rings. The third-order valence-electron chi connectivity index (χ3n) is 3.80. The summed E-state index contributed by atoms with van der Waals surface area (Å²) in [5, 5.41) is 11.7. The average Bonchev–Trinajstić information content (AvgIpc) is 2.70. The molecule has 0 bridgehead atoms. The van der Waals surface area contributed by atoms with Gasteiger partial charge in [0.05, 0.1) is 0 Å². The zero-order valence-corrected chi connectivity index (χ0v) is 12.2. The van der Waals surface area contributed by atoms with Gasteiger partial charge in [0, 0.05) is 25.3 Å². The van der Waals surface area contributed by atoms with Gasteiger partial charge in [0.25, 0.3) is 0 Å². The Bertz CT molecular complexity index is 501. The Labute approximate surface area is 124 Å². The van der Waals surface area contributed by atoms with E-state index in [-0.39, 0.29) is 17.8 Å². The van der Waals surface area contributed by atoms with Gasteiger partial charge < -0.3 is 15.3 Å². The van der Waals surface area contributed by atoms with Crippen LogP contribution in [-0.4, -0.2) is 39.6 Å². The molecule has 1 aliphatic rings.